The fourth-order valence-electron chi connectivity index (χ4n) is 2.49. The lowest BCUT2D eigenvalue weighted by Gasteiger charge is -2.22. The van der Waals surface area contributed by atoms with Gasteiger partial charge in [-0.2, -0.15) is 0 Å². The number of hydrogen-bond donors (Lipinski definition) is 1. The Bertz CT molecular complexity index is 704. The first-order valence-electron chi connectivity index (χ1n) is 8.28. The van der Waals surface area contributed by atoms with Crippen LogP contribution in [0.5, 0.6) is 0 Å². The summed E-state index contributed by atoms with van der Waals surface area (Å²) in [6.07, 6.45) is 0.182. The summed E-state index contributed by atoms with van der Waals surface area (Å²) in [5.41, 5.74) is 8.72. The molecular formula is C20H24N2O2S. The van der Waals surface area contributed by atoms with Crippen molar-refractivity contribution in [2.75, 3.05) is 12.3 Å². The van der Waals surface area contributed by atoms with E-state index in [1.807, 2.05) is 36.4 Å². The van der Waals surface area contributed by atoms with Gasteiger partial charge in [0.2, 0.25) is 11.8 Å². The molecule has 0 radical (unpaired) electrons. The second-order valence-corrected chi connectivity index (χ2v) is 6.98. The van der Waals surface area contributed by atoms with Crippen LogP contribution in [0.25, 0.3) is 0 Å². The largest absolute Gasteiger partial charge is 0.370 e. The molecule has 132 valence electrons. The summed E-state index contributed by atoms with van der Waals surface area (Å²) in [4.78, 5) is 25.4. The number of carbonyl (C=O) groups excluding carboxylic acids is 2. The van der Waals surface area contributed by atoms with E-state index in [-0.39, 0.29) is 12.3 Å². The Labute approximate surface area is 153 Å². The molecule has 25 heavy (non-hydrogen) atoms. The number of amides is 2. The Hall–Kier alpha value is -2.27. The molecule has 0 aliphatic rings. The molecule has 0 saturated carbocycles. The van der Waals surface area contributed by atoms with Crippen LogP contribution in [0.1, 0.15) is 23.1 Å². The van der Waals surface area contributed by atoms with E-state index in [2.05, 4.69) is 25.1 Å². The average molecular weight is 356 g/mol. The van der Waals surface area contributed by atoms with Gasteiger partial charge in [-0.25, -0.2) is 0 Å². The SMILES string of the molecule is Cc1cccc(CSCC(=O)N(CCC(N)=O)Cc2ccccc2)c1. The lowest BCUT2D eigenvalue weighted by Crippen LogP contribution is -2.34. The Morgan fingerprint density at radius 1 is 1.04 bits per heavy atom. The average Bonchev–Trinajstić information content (AvgIpc) is 2.59. The quantitative estimate of drug-likeness (QED) is 0.751. The molecule has 0 bridgehead atoms. The molecule has 2 aromatic rings. The van der Waals surface area contributed by atoms with E-state index >= 15 is 0 Å². The molecule has 0 aliphatic heterocycles. The van der Waals surface area contributed by atoms with E-state index in [4.69, 9.17) is 5.73 Å². The molecule has 0 atom stereocenters. The third-order valence-electron chi connectivity index (χ3n) is 3.77. The lowest BCUT2D eigenvalue weighted by molar-refractivity contribution is -0.129. The molecule has 2 aromatic carbocycles. The van der Waals surface area contributed by atoms with Crippen LogP contribution in [0.2, 0.25) is 0 Å². The number of nitrogens with zero attached hydrogens (tertiary/aromatic N) is 1. The van der Waals surface area contributed by atoms with Crippen molar-refractivity contribution in [1.29, 1.82) is 0 Å². The van der Waals surface area contributed by atoms with Crippen molar-refractivity contribution in [3.8, 4) is 0 Å². The normalized spacial score (nSPS) is 10.4. The number of thioether (sulfide) groups is 1. The second-order valence-electron chi connectivity index (χ2n) is 6.00. The van der Waals surface area contributed by atoms with Gasteiger partial charge in [-0.3, -0.25) is 9.59 Å². The highest BCUT2D eigenvalue weighted by Gasteiger charge is 2.15. The zero-order chi connectivity index (χ0) is 18.1. The Morgan fingerprint density at radius 3 is 2.44 bits per heavy atom. The summed E-state index contributed by atoms with van der Waals surface area (Å²) in [7, 11) is 0. The van der Waals surface area contributed by atoms with Gasteiger partial charge in [0.05, 0.1) is 5.75 Å². The molecule has 0 aliphatic carbocycles. The third-order valence-corrected chi connectivity index (χ3v) is 4.76. The maximum atomic E-state index is 12.6. The van der Waals surface area contributed by atoms with Crippen LogP contribution in [0.3, 0.4) is 0 Å². The fraction of sp³-hybridized carbons (Fsp3) is 0.300. The maximum Gasteiger partial charge on any atom is 0.232 e. The highest BCUT2D eigenvalue weighted by atomic mass is 32.2. The second kappa shape index (κ2) is 9.89. The molecule has 4 nitrogen and oxygen atoms in total. The summed E-state index contributed by atoms with van der Waals surface area (Å²) in [5, 5.41) is 0. The van der Waals surface area contributed by atoms with Crippen LogP contribution >= 0.6 is 11.8 Å². The van der Waals surface area contributed by atoms with Crippen molar-refractivity contribution in [3.63, 3.8) is 0 Å². The molecule has 0 aromatic heterocycles. The van der Waals surface area contributed by atoms with Crippen LogP contribution in [0.15, 0.2) is 54.6 Å². The smallest absolute Gasteiger partial charge is 0.232 e. The van der Waals surface area contributed by atoms with Crippen molar-refractivity contribution in [2.45, 2.75) is 25.6 Å². The van der Waals surface area contributed by atoms with Crippen molar-refractivity contribution < 1.29 is 9.59 Å². The standard InChI is InChI=1S/C20H24N2O2S/c1-16-6-5-9-18(12-16)14-25-15-20(24)22(11-10-19(21)23)13-17-7-3-2-4-8-17/h2-9,12H,10-11,13-15H2,1H3,(H2,21,23). The summed E-state index contributed by atoms with van der Waals surface area (Å²) < 4.78 is 0. The first-order chi connectivity index (χ1) is 12.0. The van der Waals surface area contributed by atoms with Gasteiger partial charge in [0.1, 0.15) is 0 Å². The van der Waals surface area contributed by atoms with Crippen molar-refractivity contribution in [1.82, 2.24) is 4.90 Å². The van der Waals surface area contributed by atoms with Crippen LogP contribution < -0.4 is 5.73 Å². The van der Waals surface area contributed by atoms with Crippen molar-refractivity contribution in [2.24, 2.45) is 5.73 Å². The summed E-state index contributed by atoms with van der Waals surface area (Å²) in [6, 6.07) is 18.1. The highest BCUT2D eigenvalue weighted by molar-refractivity contribution is 7.99. The number of primary amides is 1. The third kappa shape index (κ3) is 7.01. The number of rotatable bonds is 9. The summed E-state index contributed by atoms with van der Waals surface area (Å²) in [5.74, 6) is 0.822. The van der Waals surface area contributed by atoms with Crippen LogP contribution in [-0.2, 0) is 21.9 Å². The van der Waals surface area contributed by atoms with Gasteiger partial charge in [0, 0.05) is 25.3 Å². The van der Waals surface area contributed by atoms with E-state index in [0.29, 0.717) is 18.8 Å². The van der Waals surface area contributed by atoms with Gasteiger partial charge < -0.3 is 10.6 Å². The molecule has 0 unspecified atom stereocenters. The highest BCUT2D eigenvalue weighted by Crippen LogP contribution is 2.15. The van der Waals surface area contributed by atoms with Gasteiger partial charge in [-0.05, 0) is 18.1 Å². The molecular weight excluding hydrogens is 332 g/mol. The Balaban J connectivity index is 1.90. The molecule has 2 N–H and O–H groups in total. The molecule has 0 saturated heterocycles. The lowest BCUT2D eigenvalue weighted by atomic mass is 10.2. The van der Waals surface area contributed by atoms with Gasteiger partial charge in [-0.1, -0.05) is 60.2 Å². The summed E-state index contributed by atoms with van der Waals surface area (Å²) >= 11 is 1.59. The molecule has 0 heterocycles. The van der Waals surface area contributed by atoms with Crippen LogP contribution in [0.4, 0.5) is 0 Å². The zero-order valence-electron chi connectivity index (χ0n) is 14.5. The number of aryl methyl sites for hydroxylation is 1. The molecule has 2 rings (SSSR count). The topological polar surface area (TPSA) is 63.4 Å². The van der Waals surface area contributed by atoms with Gasteiger partial charge >= 0.3 is 0 Å². The van der Waals surface area contributed by atoms with E-state index < -0.39 is 5.91 Å². The first kappa shape index (κ1) is 19.1. The minimum atomic E-state index is -0.390. The van der Waals surface area contributed by atoms with Gasteiger partial charge in [-0.15, -0.1) is 11.8 Å². The fourth-order valence-corrected chi connectivity index (χ4v) is 3.36. The molecule has 0 fully saturated rings. The summed E-state index contributed by atoms with van der Waals surface area (Å²) in [6.45, 7) is 2.91. The first-order valence-corrected chi connectivity index (χ1v) is 9.43. The van der Waals surface area contributed by atoms with Gasteiger partial charge in [0.15, 0.2) is 0 Å². The molecule has 2 amide bonds. The van der Waals surface area contributed by atoms with E-state index in [9.17, 15) is 9.59 Å². The molecule has 5 heteroatoms. The number of nitrogens with two attached hydrogens (primary N) is 1. The van der Waals surface area contributed by atoms with Crippen LogP contribution in [-0.4, -0.2) is 29.0 Å². The van der Waals surface area contributed by atoms with E-state index in [0.717, 1.165) is 11.3 Å². The Morgan fingerprint density at radius 2 is 1.76 bits per heavy atom. The van der Waals surface area contributed by atoms with E-state index in [1.165, 1.54) is 11.1 Å². The molecule has 0 spiro atoms. The minimum Gasteiger partial charge on any atom is -0.370 e. The predicted octanol–water partition coefficient (Wildman–Crippen LogP) is 3.13. The number of hydrogen-bond acceptors (Lipinski definition) is 3. The van der Waals surface area contributed by atoms with Gasteiger partial charge in [0.25, 0.3) is 0 Å². The Kier molecular flexibility index (Phi) is 7.54. The number of benzene rings is 2. The zero-order valence-corrected chi connectivity index (χ0v) is 15.3. The van der Waals surface area contributed by atoms with Crippen molar-refractivity contribution in [3.05, 3.63) is 71.3 Å². The van der Waals surface area contributed by atoms with Crippen LogP contribution in [0, 0.1) is 6.92 Å². The predicted molar refractivity (Wildman–Crippen MR) is 103 cm³/mol. The van der Waals surface area contributed by atoms with E-state index in [1.54, 1.807) is 16.7 Å². The maximum absolute atomic E-state index is 12.6. The van der Waals surface area contributed by atoms with Crippen molar-refractivity contribution >= 4 is 23.6 Å². The minimum absolute atomic E-state index is 0.0303. The number of carbonyl (C=O) groups is 2. The monoisotopic (exact) mass is 356 g/mol.